The quantitative estimate of drug-likeness (QED) is 0.192. The molecule has 2 aromatic heterocycles. The number of carbonyl (C=O) groups excluding carboxylic acids is 1. The Labute approximate surface area is 264 Å². The predicted octanol–water partition coefficient (Wildman–Crippen LogP) is 6.90. The van der Waals surface area contributed by atoms with Crippen molar-refractivity contribution >= 4 is 40.7 Å². The maximum atomic E-state index is 14.6. The molecular weight excluding hydrogens is 612 g/mol. The Bertz CT molecular complexity index is 1580. The summed E-state index contributed by atoms with van der Waals surface area (Å²) in [6.07, 6.45) is 8.35. The van der Waals surface area contributed by atoms with Crippen LogP contribution in [0.4, 0.5) is 8.78 Å². The fourth-order valence-electron chi connectivity index (χ4n) is 5.61. The third kappa shape index (κ3) is 6.71. The van der Waals surface area contributed by atoms with Crippen molar-refractivity contribution in [1.82, 2.24) is 20.1 Å². The van der Waals surface area contributed by atoms with Gasteiger partial charge in [-0.1, -0.05) is 25.1 Å². The number of ether oxygens (including phenoxy) is 1. The van der Waals surface area contributed by atoms with E-state index in [1.165, 1.54) is 17.4 Å². The molecule has 1 atom stereocenters. The topological polar surface area (TPSA) is 119 Å². The summed E-state index contributed by atoms with van der Waals surface area (Å²) in [6, 6.07) is 1.28. The molecule has 3 heterocycles. The number of carboxylic acids is 1. The molecular formula is C31H36ClF2N5O4S. The summed E-state index contributed by atoms with van der Waals surface area (Å²) in [4.78, 5) is 34.1. The normalized spacial score (nSPS) is 20.4. The summed E-state index contributed by atoms with van der Waals surface area (Å²) < 4.78 is 35.8. The van der Waals surface area contributed by atoms with E-state index >= 15 is 0 Å². The van der Waals surface area contributed by atoms with Crippen molar-refractivity contribution in [1.29, 1.82) is 0 Å². The molecule has 1 aliphatic heterocycles. The number of aliphatic carboxylic acids is 1. The van der Waals surface area contributed by atoms with E-state index in [2.05, 4.69) is 15.4 Å². The lowest BCUT2D eigenvalue weighted by atomic mass is 9.76. The first-order valence-corrected chi connectivity index (χ1v) is 15.3. The molecule has 0 radical (unpaired) electrons. The maximum absolute atomic E-state index is 14.6. The van der Waals surface area contributed by atoms with Crippen LogP contribution in [0.15, 0.2) is 52.4 Å². The molecule has 3 aromatic rings. The molecule has 1 saturated carbocycles. The molecule has 2 aliphatic rings. The third-order valence-electron chi connectivity index (χ3n) is 7.96. The van der Waals surface area contributed by atoms with Crippen LogP contribution in [-0.4, -0.2) is 44.3 Å². The van der Waals surface area contributed by atoms with Gasteiger partial charge >= 0.3 is 11.9 Å². The first-order valence-electron chi connectivity index (χ1n) is 14.0. The summed E-state index contributed by atoms with van der Waals surface area (Å²) >= 11 is 7.65. The standard InChI is InChI=1S/C30H32ClF2N5O4S.CH4/c1-4-42-28(39)21-24(17-7-5-16(6-8-17)18-13-35-38(14-18)15-30(2,3)29(40)41)36-26(27-34-11-12-43-27)37-25(21)19-9-10-20(32)23(33)22(19)31;/h9-14,16-17,25H,4-8,15H2,1-3H3,(H,36,37)(H,40,41);1H4. The van der Waals surface area contributed by atoms with Gasteiger partial charge in [-0.25, -0.2) is 18.6 Å². The van der Waals surface area contributed by atoms with E-state index in [9.17, 15) is 23.5 Å². The monoisotopic (exact) mass is 647 g/mol. The van der Waals surface area contributed by atoms with Crippen LogP contribution in [0.2, 0.25) is 5.02 Å². The second-order valence-electron chi connectivity index (χ2n) is 11.4. The Kier molecular flexibility index (Phi) is 10.2. The number of hydrogen-bond donors (Lipinski definition) is 2. The van der Waals surface area contributed by atoms with Crippen LogP contribution in [-0.2, 0) is 20.9 Å². The van der Waals surface area contributed by atoms with Crippen molar-refractivity contribution in [3.05, 3.63) is 80.2 Å². The number of nitrogens with one attached hydrogen (secondary N) is 1. The molecule has 5 rings (SSSR count). The Morgan fingerprint density at radius 3 is 2.55 bits per heavy atom. The van der Waals surface area contributed by atoms with E-state index in [0.717, 1.165) is 24.5 Å². The van der Waals surface area contributed by atoms with Crippen LogP contribution in [0.1, 0.15) is 82.0 Å². The smallest absolute Gasteiger partial charge is 0.338 e. The van der Waals surface area contributed by atoms with Gasteiger partial charge in [0.1, 0.15) is 6.04 Å². The number of esters is 1. The molecule has 0 bridgehead atoms. The minimum Gasteiger partial charge on any atom is -0.481 e. The molecule has 1 aromatic carbocycles. The van der Waals surface area contributed by atoms with Crippen LogP contribution in [0.25, 0.3) is 0 Å². The van der Waals surface area contributed by atoms with Crippen LogP contribution in [0.3, 0.4) is 0 Å². The minimum atomic E-state index is -1.21. The first kappa shape index (κ1) is 33.3. The zero-order chi connectivity index (χ0) is 30.9. The Balaban J connectivity index is 0.00000442. The number of aromatic nitrogens is 3. The summed E-state index contributed by atoms with van der Waals surface area (Å²) in [5, 5.41) is 19.2. The van der Waals surface area contributed by atoms with Crippen molar-refractivity contribution in [2.75, 3.05) is 6.61 Å². The number of nitrogens with zero attached hydrogens (tertiary/aromatic N) is 4. The van der Waals surface area contributed by atoms with Crippen LogP contribution in [0.5, 0.6) is 0 Å². The van der Waals surface area contributed by atoms with Gasteiger partial charge < -0.3 is 15.2 Å². The Hall–Kier alpha value is -3.64. The van der Waals surface area contributed by atoms with Crippen LogP contribution in [0, 0.1) is 23.0 Å². The SMILES string of the molecule is C.CCOC(=O)C1=C(C2CCC(c3cnn(CC(C)(C)C(=O)O)c3)CC2)NC(c2nccs2)=NC1c1ccc(F)c(F)c1Cl. The van der Waals surface area contributed by atoms with Crippen molar-refractivity contribution in [2.45, 2.75) is 72.4 Å². The highest BCUT2D eigenvalue weighted by atomic mass is 35.5. The summed E-state index contributed by atoms with van der Waals surface area (Å²) in [7, 11) is 0. The molecule has 1 fully saturated rings. The van der Waals surface area contributed by atoms with Gasteiger partial charge in [0.2, 0.25) is 0 Å². The average Bonchev–Trinajstić information content (AvgIpc) is 3.68. The second-order valence-corrected chi connectivity index (χ2v) is 12.6. The van der Waals surface area contributed by atoms with Crippen LogP contribution >= 0.6 is 22.9 Å². The zero-order valence-corrected chi connectivity index (χ0v) is 25.5. The van der Waals surface area contributed by atoms with Gasteiger partial charge in [0, 0.05) is 29.0 Å². The third-order valence-corrected chi connectivity index (χ3v) is 9.13. The zero-order valence-electron chi connectivity index (χ0n) is 23.9. The number of carboxylic acid groups (broad SMARTS) is 1. The highest BCUT2D eigenvalue weighted by Gasteiger charge is 2.39. The lowest BCUT2D eigenvalue weighted by Crippen LogP contribution is -2.38. The number of amidine groups is 1. The Morgan fingerprint density at radius 2 is 1.91 bits per heavy atom. The minimum absolute atomic E-state index is 0. The fraction of sp³-hybridized carbons (Fsp3) is 0.452. The molecule has 9 nitrogen and oxygen atoms in total. The van der Waals surface area contributed by atoms with Crippen LogP contribution < -0.4 is 5.32 Å². The predicted molar refractivity (Wildman–Crippen MR) is 165 cm³/mol. The lowest BCUT2D eigenvalue weighted by Gasteiger charge is -2.35. The molecule has 1 unspecified atom stereocenters. The number of halogens is 3. The molecule has 1 aliphatic carbocycles. The number of thiazole rings is 1. The first-order chi connectivity index (χ1) is 20.5. The van der Waals surface area contributed by atoms with Gasteiger partial charge in [0.05, 0.1) is 35.4 Å². The fourth-order valence-corrected chi connectivity index (χ4v) is 6.46. The van der Waals surface area contributed by atoms with Crippen molar-refractivity contribution in [3.8, 4) is 0 Å². The van der Waals surface area contributed by atoms with Crippen molar-refractivity contribution in [2.24, 2.45) is 16.3 Å². The summed E-state index contributed by atoms with van der Waals surface area (Å²) in [5.41, 5.74) is 1.06. The van der Waals surface area contributed by atoms with E-state index in [-0.39, 0.29) is 43.6 Å². The van der Waals surface area contributed by atoms with E-state index in [0.29, 0.717) is 29.4 Å². The number of aliphatic imine (C=N–C) groups is 1. The number of rotatable bonds is 9. The molecule has 13 heteroatoms. The van der Waals surface area contributed by atoms with E-state index in [1.54, 1.807) is 43.2 Å². The second kappa shape index (κ2) is 13.6. The summed E-state index contributed by atoms with van der Waals surface area (Å²) in [6.45, 7) is 5.40. The number of allylic oxidation sites excluding steroid dienone is 1. The van der Waals surface area contributed by atoms with E-state index in [4.69, 9.17) is 21.3 Å². The molecule has 0 saturated heterocycles. The molecule has 0 amide bonds. The molecule has 0 spiro atoms. The highest BCUT2D eigenvalue weighted by molar-refractivity contribution is 7.11. The number of benzene rings is 1. The van der Waals surface area contributed by atoms with Gasteiger partial charge in [-0.3, -0.25) is 14.5 Å². The van der Waals surface area contributed by atoms with E-state index in [1.807, 2.05) is 6.20 Å². The molecule has 2 N–H and O–H groups in total. The summed E-state index contributed by atoms with van der Waals surface area (Å²) in [5.74, 6) is -3.27. The molecule has 44 heavy (non-hydrogen) atoms. The van der Waals surface area contributed by atoms with Gasteiger partial charge in [0.15, 0.2) is 22.5 Å². The average molecular weight is 648 g/mol. The van der Waals surface area contributed by atoms with Gasteiger partial charge in [-0.2, -0.15) is 5.10 Å². The van der Waals surface area contributed by atoms with Gasteiger partial charge in [0.25, 0.3) is 0 Å². The maximum Gasteiger partial charge on any atom is 0.338 e. The Morgan fingerprint density at radius 1 is 1.20 bits per heavy atom. The van der Waals surface area contributed by atoms with Gasteiger partial charge in [-0.05, 0) is 69.9 Å². The van der Waals surface area contributed by atoms with Crippen molar-refractivity contribution in [3.63, 3.8) is 0 Å². The molecule has 236 valence electrons. The largest absolute Gasteiger partial charge is 0.481 e. The van der Waals surface area contributed by atoms with Crippen molar-refractivity contribution < 1.29 is 28.2 Å². The highest BCUT2D eigenvalue weighted by Crippen LogP contribution is 2.44. The lowest BCUT2D eigenvalue weighted by molar-refractivity contribution is -0.147. The van der Waals surface area contributed by atoms with E-state index < -0.39 is 40.1 Å². The number of hydrogen-bond acceptors (Lipinski definition) is 8. The number of carbonyl (C=O) groups is 2. The van der Waals surface area contributed by atoms with Gasteiger partial charge in [-0.15, -0.1) is 11.3 Å².